The highest BCUT2D eigenvalue weighted by atomic mass is 32.2. The number of nitro groups is 1. The zero-order valence-corrected chi connectivity index (χ0v) is 18.3. The van der Waals surface area contributed by atoms with E-state index in [1.165, 1.54) is 16.4 Å². The second kappa shape index (κ2) is 8.85. The van der Waals surface area contributed by atoms with Gasteiger partial charge in [-0.1, -0.05) is 18.2 Å². The number of sulfonamides is 1. The van der Waals surface area contributed by atoms with Gasteiger partial charge in [0, 0.05) is 30.9 Å². The number of nitro benzene ring substituents is 1. The average Bonchev–Trinajstić information content (AvgIpc) is 3.13. The number of morpholine rings is 1. The summed E-state index contributed by atoms with van der Waals surface area (Å²) in [7, 11) is -3.90. The number of nitrogens with zero attached hydrogens (tertiary/aromatic N) is 3. The Kier molecular flexibility index (Phi) is 6.13. The highest BCUT2D eigenvalue weighted by molar-refractivity contribution is 7.89. The predicted molar refractivity (Wildman–Crippen MR) is 115 cm³/mol. The molecule has 1 amide bonds. The van der Waals surface area contributed by atoms with Gasteiger partial charge in [0.15, 0.2) is 12.4 Å². The summed E-state index contributed by atoms with van der Waals surface area (Å²) < 4.78 is 37.5. The summed E-state index contributed by atoms with van der Waals surface area (Å²) in [4.78, 5) is 25.1. The SMILES string of the molecule is CC1Cc2ccccc2N1C(=O)COc1ccc(S(=O)(=O)N2CCOCC2)cc1[N+](=O)[O-]. The molecule has 1 fully saturated rings. The number of rotatable bonds is 6. The molecule has 0 radical (unpaired) electrons. The maximum atomic E-state index is 12.8. The van der Waals surface area contributed by atoms with E-state index < -0.39 is 27.2 Å². The highest BCUT2D eigenvalue weighted by Gasteiger charge is 2.32. The minimum atomic E-state index is -3.90. The molecular weight excluding hydrogens is 438 g/mol. The molecule has 10 nitrogen and oxygen atoms in total. The Morgan fingerprint density at radius 3 is 2.66 bits per heavy atom. The number of carbonyl (C=O) groups is 1. The number of hydrogen-bond acceptors (Lipinski definition) is 7. The maximum absolute atomic E-state index is 12.8. The van der Waals surface area contributed by atoms with Crippen molar-refractivity contribution >= 4 is 27.3 Å². The number of para-hydroxylation sites is 1. The van der Waals surface area contributed by atoms with Gasteiger partial charge in [-0.25, -0.2) is 8.42 Å². The summed E-state index contributed by atoms with van der Waals surface area (Å²) >= 11 is 0. The molecule has 2 aliphatic heterocycles. The van der Waals surface area contributed by atoms with Crippen molar-refractivity contribution in [1.29, 1.82) is 0 Å². The molecule has 170 valence electrons. The second-order valence-electron chi connectivity index (χ2n) is 7.64. The Labute approximate surface area is 185 Å². The molecular formula is C21H23N3O7S. The van der Waals surface area contributed by atoms with Gasteiger partial charge in [0.25, 0.3) is 5.91 Å². The molecule has 2 aliphatic rings. The Morgan fingerprint density at radius 2 is 1.94 bits per heavy atom. The molecule has 2 heterocycles. The smallest absolute Gasteiger partial charge is 0.312 e. The van der Waals surface area contributed by atoms with Gasteiger partial charge in [-0.05, 0) is 37.1 Å². The Hall–Kier alpha value is -3.02. The third-order valence-corrected chi connectivity index (χ3v) is 7.46. The first-order valence-electron chi connectivity index (χ1n) is 10.2. The monoisotopic (exact) mass is 461 g/mol. The lowest BCUT2D eigenvalue weighted by Gasteiger charge is -2.26. The van der Waals surface area contributed by atoms with Gasteiger partial charge >= 0.3 is 5.69 Å². The Morgan fingerprint density at radius 1 is 1.22 bits per heavy atom. The first-order chi connectivity index (χ1) is 15.3. The summed E-state index contributed by atoms with van der Waals surface area (Å²) in [5, 5.41) is 11.6. The summed E-state index contributed by atoms with van der Waals surface area (Å²) in [6.45, 7) is 2.41. The van der Waals surface area contributed by atoms with Crippen LogP contribution in [0.5, 0.6) is 5.75 Å². The van der Waals surface area contributed by atoms with Crippen molar-refractivity contribution in [3.8, 4) is 5.75 Å². The topological polar surface area (TPSA) is 119 Å². The molecule has 0 bridgehead atoms. The zero-order valence-electron chi connectivity index (χ0n) is 17.5. The number of anilines is 1. The van der Waals surface area contributed by atoms with Crippen molar-refractivity contribution in [3.05, 3.63) is 58.1 Å². The van der Waals surface area contributed by atoms with E-state index in [2.05, 4.69) is 0 Å². The van der Waals surface area contributed by atoms with Crippen LogP contribution in [0.15, 0.2) is 47.4 Å². The molecule has 0 N–H and O–H groups in total. The lowest BCUT2D eigenvalue weighted by molar-refractivity contribution is -0.386. The van der Waals surface area contributed by atoms with E-state index in [4.69, 9.17) is 9.47 Å². The van der Waals surface area contributed by atoms with Crippen molar-refractivity contribution in [2.24, 2.45) is 0 Å². The normalized spacial score (nSPS) is 18.9. The van der Waals surface area contributed by atoms with Crippen LogP contribution in [0.25, 0.3) is 0 Å². The predicted octanol–water partition coefficient (Wildman–Crippen LogP) is 1.97. The molecule has 2 aromatic carbocycles. The average molecular weight is 461 g/mol. The fraction of sp³-hybridized carbons (Fsp3) is 0.381. The number of hydrogen-bond donors (Lipinski definition) is 0. The Bertz CT molecular complexity index is 1150. The van der Waals surface area contributed by atoms with Crippen LogP contribution in [-0.2, 0) is 26.0 Å². The van der Waals surface area contributed by atoms with Crippen LogP contribution < -0.4 is 9.64 Å². The van der Waals surface area contributed by atoms with Gasteiger partial charge in [0.1, 0.15) is 0 Å². The molecule has 4 rings (SSSR count). The van der Waals surface area contributed by atoms with Crippen LogP contribution in [-0.4, -0.2) is 62.5 Å². The fourth-order valence-electron chi connectivity index (χ4n) is 4.01. The number of ether oxygens (including phenoxy) is 2. The van der Waals surface area contributed by atoms with E-state index in [9.17, 15) is 23.3 Å². The van der Waals surface area contributed by atoms with Crippen molar-refractivity contribution in [2.75, 3.05) is 37.8 Å². The van der Waals surface area contributed by atoms with E-state index in [0.29, 0.717) is 0 Å². The standard InChI is InChI=1S/C21H23N3O7S/c1-15-12-16-4-2-3-5-18(16)23(15)21(25)14-31-20-7-6-17(13-19(20)24(26)27)32(28,29)22-8-10-30-11-9-22/h2-7,13,15H,8-12,14H2,1H3. The molecule has 1 atom stereocenters. The van der Waals surface area contributed by atoms with Crippen LogP contribution in [0.4, 0.5) is 11.4 Å². The van der Waals surface area contributed by atoms with E-state index >= 15 is 0 Å². The largest absolute Gasteiger partial charge is 0.477 e. The number of benzene rings is 2. The highest BCUT2D eigenvalue weighted by Crippen LogP contribution is 2.33. The maximum Gasteiger partial charge on any atom is 0.312 e. The first kappa shape index (κ1) is 22.2. The van der Waals surface area contributed by atoms with Gasteiger partial charge in [-0.15, -0.1) is 0 Å². The van der Waals surface area contributed by atoms with Crippen LogP contribution in [0, 0.1) is 10.1 Å². The molecule has 0 aromatic heterocycles. The summed E-state index contributed by atoms with van der Waals surface area (Å²) in [6.07, 6.45) is 0.718. The molecule has 32 heavy (non-hydrogen) atoms. The third kappa shape index (κ3) is 4.18. The fourth-order valence-corrected chi connectivity index (χ4v) is 5.44. The first-order valence-corrected chi connectivity index (χ1v) is 11.6. The quantitative estimate of drug-likeness (QED) is 0.476. The lowest BCUT2D eigenvalue weighted by atomic mass is 10.1. The molecule has 11 heteroatoms. The minimum Gasteiger partial charge on any atom is -0.477 e. The van der Waals surface area contributed by atoms with Crippen molar-refractivity contribution < 1.29 is 27.6 Å². The zero-order chi connectivity index (χ0) is 22.9. The third-order valence-electron chi connectivity index (χ3n) is 5.56. The molecule has 0 saturated carbocycles. The molecule has 1 unspecified atom stereocenters. The molecule has 2 aromatic rings. The van der Waals surface area contributed by atoms with Crippen molar-refractivity contribution in [2.45, 2.75) is 24.3 Å². The van der Waals surface area contributed by atoms with E-state index in [1.807, 2.05) is 31.2 Å². The summed E-state index contributed by atoms with van der Waals surface area (Å²) in [6, 6.07) is 11.0. The lowest BCUT2D eigenvalue weighted by Crippen LogP contribution is -2.40. The van der Waals surface area contributed by atoms with E-state index in [-0.39, 0.29) is 48.9 Å². The van der Waals surface area contributed by atoms with E-state index in [1.54, 1.807) is 4.90 Å². The number of carbonyl (C=O) groups excluding carboxylic acids is 1. The van der Waals surface area contributed by atoms with Crippen molar-refractivity contribution in [3.63, 3.8) is 0 Å². The molecule has 0 aliphatic carbocycles. The van der Waals surface area contributed by atoms with Crippen LogP contribution >= 0.6 is 0 Å². The Balaban J connectivity index is 1.53. The van der Waals surface area contributed by atoms with Gasteiger partial charge in [-0.3, -0.25) is 14.9 Å². The van der Waals surface area contributed by atoms with Crippen LogP contribution in [0.2, 0.25) is 0 Å². The van der Waals surface area contributed by atoms with Crippen LogP contribution in [0.1, 0.15) is 12.5 Å². The van der Waals surface area contributed by atoms with Gasteiger partial charge in [0.05, 0.1) is 23.0 Å². The van der Waals surface area contributed by atoms with Gasteiger partial charge in [0.2, 0.25) is 10.0 Å². The second-order valence-corrected chi connectivity index (χ2v) is 9.58. The van der Waals surface area contributed by atoms with Crippen molar-refractivity contribution in [1.82, 2.24) is 4.31 Å². The summed E-state index contributed by atoms with van der Waals surface area (Å²) in [5.41, 5.74) is 1.34. The summed E-state index contributed by atoms with van der Waals surface area (Å²) in [5.74, 6) is -0.494. The number of fused-ring (bicyclic) bond motifs is 1. The minimum absolute atomic E-state index is 0.0560. The van der Waals surface area contributed by atoms with E-state index in [0.717, 1.165) is 23.7 Å². The molecule has 1 saturated heterocycles. The molecule has 0 spiro atoms. The number of amides is 1. The van der Waals surface area contributed by atoms with Crippen LogP contribution in [0.3, 0.4) is 0 Å². The van der Waals surface area contributed by atoms with Gasteiger partial charge < -0.3 is 14.4 Å². The van der Waals surface area contributed by atoms with Gasteiger partial charge in [-0.2, -0.15) is 4.31 Å².